The van der Waals surface area contributed by atoms with Crippen LogP contribution in [0.1, 0.15) is 5.56 Å². The molecule has 0 radical (unpaired) electrons. The summed E-state index contributed by atoms with van der Waals surface area (Å²) < 4.78 is 13.8. The predicted molar refractivity (Wildman–Crippen MR) is 66.4 cm³/mol. The lowest BCUT2D eigenvalue weighted by atomic mass is 9.76. The van der Waals surface area contributed by atoms with E-state index in [0.29, 0.717) is 5.56 Å². The molecule has 0 bridgehead atoms. The van der Waals surface area contributed by atoms with E-state index in [1.54, 1.807) is 30.3 Å². The van der Waals surface area contributed by atoms with Crippen LogP contribution >= 0.6 is 0 Å². The molecule has 0 aliphatic rings. The average molecular weight is 241 g/mol. The second kappa shape index (κ2) is 5.00. The average Bonchev–Trinajstić information content (AvgIpc) is 2.38. The molecule has 0 atom stereocenters. The number of nitriles is 1. The lowest BCUT2D eigenvalue weighted by Crippen LogP contribution is -2.35. The largest absolute Gasteiger partial charge is 0.492 e. The molecule has 88 valence electrons. The van der Waals surface area contributed by atoms with E-state index in [2.05, 4.69) is 0 Å². The molecular weight excluding hydrogens is 232 g/mol. The SMILES string of the molecule is N#Cc1cc(-c2ccccc2)cc(F)c1B(O)O. The van der Waals surface area contributed by atoms with Gasteiger partial charge in [0.2, 0.25) is 0 Å². The van der Waals surface area contributed by atoms with Gasteiger partial charge in [-0.15, -0.1) is 0 Å². The Bertz CT molecular complexity index is 608. The monoisotopic (exact) mass is 241 g/mol. The first kappa shape index (κ1) is 12.3. The zero-order valence-corrected chi connectivity index (χ0v) is 9.34. The molecule has 0 unspecified atom stereocenters. The molecule has 0 saturated heterocycles. The van der Waals surface area contributed by atoms with E-state index in [0.717, 1.165) is 5.56 Å². The van der Waals surface area contributed by atoms with Crippen LogP contribution in [0.5, 0.6) is 0 Å². The van der Waals surface area contributed by atoms with Crippen molar-refractivity contribution in [2.24, 2.45) is 0 Å². The van der Waals surface area contributed by atoms with Crippen molar-refractivity contribution in [1.29, 1.82) is 5.26 Å². The second-order valence-electron chi connectivity index (χ2n) is 3.77. The van der Waals surface area contributed by atoms with E-state index in [1.807, 2.05) is 6.07 Å². The Labute approximate surface area is 104 Å². The van der Waals surface area contributed by atoms with Crippen molar-refractivity contribution in [2.75, 3.05) is 0 Å². The number of hydrogen-bond donors (Lipinski definition) is 2. The zero-order chi connectivity index (χ0) is 13.1. The van der Waals surface area contributed by atoms with Crippen molar-refractivity contribution in [1.82, 2.24) is 0 Å². The van der Waals surface area contributed by atoms with Crippen LogP contribution in [0.15, 0.2) is 42.5 Å². The minimum atomic E-state index is -2.00. The molecule has 3 nitrogen and oxygen atoms in total. The standard InChI is InChI=1S/C13H9BFNO2/c15-12-7-10(9-4-2-1-3-5-9)6-11(8-16)13(12)14(17)18/h1-7,17-18H. The first-order valence-corrected chi connectivity index (χ1v) is 5.28. The molecule has 0 saturated carbocycles. The summed E-state index contributed by atoms with van der Waals surface area (Å²) in [6.07, 6.45) is 0. The quantitative estimate of drug-likeness (QED) is 0.772. The first-order chi connectivity index (χ1) is 8.63. The molecule has 0 fully saturated rings. The number of rotatable bonds is 2. The molecule has 2 N–H and O–H groups in total. The molecule has 0 aromatic heterocycles. The van der Waals surface area contributed by atoms with E-state index in [4.69, 9.17) is 15.3 Å². The Morgan fingerprint density at radius 3 is 2.28 bits per heavy atom. The van der Waals surface area contributed by atoms with Crippen molar-refractivity contribution in [3.8, 4) is 17.2 Å². The maximum Gasteiger partial charge on any atom is 0.492 e. The summed E-state index contributed by atoms with van der Waals surface area (Å²) in [6.45, 7) is 0. The summed E-state index contributed by atoms with van der Waals surface area (Å²) in [7, 11) is -2.00. The first-order valence-electron chi connectivity index (χ1n) is 5.28. The normalized spacial score (nSPS) is 9.89. The Balaban J connectivity index is 2.61. The van der Waals surface area contributed by atoms with Crippen molar-refractivity contribution in [3.63, 3.8) is 0 Å². The molecule has 2 aromatic rings. The smallest absolute Gasteiger partial charge is 0.423 e. The maximum atomic E-state index is 13.8. The highest BCUT2D eigenvalue weighted by atomic mass is 19.1. The highest BCUT2D eigenvalue weighted by molar-refractivity contribution is 6.59. The molecule has 2 aromatic carbocycles. The highest BCUT2D eigenvalue weighted by Crippen LogP contribution is 2.20. The van der Waals surface area contributed by atoms with E-state index in [-0.39, 0.29) is 5.56 Å². The van der Waals surface area contributed by atoms with Crippen molar-refractivity contribution >= 4 is 12.6 Å². The van der Waals surface area contributed by atoms with Gasteiger partial charge >= 0.3 is 7.12 Å². The van der Waals surface area contributed by atoms with Gasteiger partial charge in [-0.1, -0.05) is 30.3 Å². The van der Waals surface area contributed by atoms with E-state index < -0.39 is 18.4 Å². The van der Waals surface area contributed by atoms with Crippen LogP contribution in [-0.2, 0) is 0 Å². The van der Waals surface area contributed by atoms with Gasteiger partial charge in [-0.3, -0.25) is 0 Å². The van der Waals surface area contributed by atoms with Crippen LogP contribution < -0.4 is 5.46 Å². The Morgan fingerprint density at radius 2 is 1.72 bits per heavy atom. The van der Waals surface area contributed by atoms with E-state index in [9.17, 15) is 4.39 Å². The summed E-state index contributed by atoms with van der Waals surface area (Å²) in [5, 5.41) is 27.0. The molecule has 0 aliphatic carbocycles. The zero-order valence-electron chi connectivity index (χ0n) is 9.34. The van der Waals surface area contributed by atoms with Gasteiger partial charge in [-0.25, -0.2) is 4.39 Å². The molecule has 0 heterocycles. The maximum absolute atomic E-state index is 13.8. The van der Waals surface area contributed by atoms with Crippen LogP contribution in [0.4, 0.5) is 4.39 Å². The topological polar surface area (TPSA) is 64.2 Å². The fourth-order valence-electron chi connectivity index (χ4n) is 1.77. The summed E-state index contributed by atoms with van der Waals surface area (Å²) in [6, 6.07) is 13.4. The molecular formula is C13H9BFNO2. The fraction of sp³-hybridized carbons (Fsp3) is 0. The molecule has 18 heavy (non-hydrogen) atoms. The van der Waals surface area contributed by atoms with Gasteiger partial charge in [0.15, 0.2) is 0 Å². The van der Waals surface area contributed by atoms with Crippen LogP contribution in [0.3, 0.4) is 0 Å². The van der Waals surface area contributed by atoms with Crippen molar-refractivity contribution in [3.05, 3.63) is 53.8 Å². The number of halogens is 1. The van der Waals surface area contributed by atoms with E-state index in [1.165, 1.54) is 12.1 Å². The Hall–Kier alpha value is -2.16. The van der Waals surface area contributed by atoms with Crippen LogP contribution in [0.2, 0.25) is 0 Å². The Kier molecular flexibility index (Phi) is 3.42. The molecule has 0 spiro atoms. The van der Waals surface area contributed by atoms with Gasteiger partial charge < -0.3 is 10.0 Å². The number of nitrogens with zero attached hydrogens (tertiary/aromatic N) is 1. The van der Waals surface area contributed by atoms with Gasteiger partial charge in [0.1, 0.15) is 5.82 Å². The van der Waals surface area contributed by atoms with Crippen molar-refractivity contribution < 1.29 is 14.4 Å². The molecule has 0 amide bonds. The summed E-state index contributed by atoms with van der Waals surface area (Å²) >= 11 is 0. The van der Waals surface area contributed by atoms with Crippen LogP contribution in [0, 0.1) is 17.1 Å². The second-order valence-corrected chi connectivity index (χ2v) is 3.77. The lowest BCUT2D eigenvalue weighted by molar-refractivity contribution is 0.423. The molecule has 0 aliphatic heterocycles. The van der Waals surface area contributed by atoms with Gasteiger partial charge in [0, 0.05) is 5.46 Å². The van der Waals surface area contributed by atoms with E-state index >= 15 is 0 Å². The highest BCUT2D eigenvalue weighted by Gasteiger charge is 2.22. The predicted octanol–water partition coefficient (Wildman–Crippen LogP) is 1.04. The van der Waals surface area contributed by atoms with Crippen molar-refractivity contribution in [2.45, 2.75) is 0 Å². The molecule has 5 heteroatoms. The third-order valence-electron chi connectivity index (χ3n) is 2.62. The minimum absolute atomic E-state index is 0.0798. The van der Waals surface area contributed by atoms with Gasteiger partial charge in [0.25, 0.3) is 0 Å². The van der Waals surface area contributed by atoms with Gasteiger partial charge in [-0.05, 0) is 23.3 Å². The molecule has 2 rings (SSSR count). The number of hydrogen-bond acceptors (Lipinski definition) is 3. The van der Waals surface area contributed by atoms with Gasteiger partial charge in [-0.2, -0.15) is 5.26 Å². The minimum Gasteiger partial charge on any atom is -0.423 e. The lowest BCUT2D eigenvalue weighted by Gasteiger charge is -2.08. The summed E-state index contributed by atoms with van der Waals surface area (Å²) in [5.74, 6) is -0.803. The van der Waals surface area contributed by atoms with Crippen LogP contribution in [0.25, 0.3) is 11.1 Å². The van der Waals surface area contributed by atoms with Crippen LogP contribution in [-0.4, -0.2) is 17.2 Å². The third kappa shape index (κ3) is 2.25. The Morgan fingerprint density at radius 1 is 1.06 bits per heavy atom. The third-order valence-corrected chi connectivity index (χ3v) is 2.62. The number of benzene rings is 2. The summed E-state index contributed by atoms with van der Waals surface area (Å²) in [4.78, 5) is 0. The van der Waals surface area contributed by atoms with Gasteiger partial charge in [0.05, 0.1) is 11.6 Å². The fourth-order valence-corrected chi connectivity index (χ4v) is 1.77. The summed E-state index contributed by atoms with van der Waals surface area (Å²) in [5.41, 5.74) is 0.807.